The number of ether oxygens (including phenoxy) is 1. The van der Waals surface area contributed by atoms with Crippen LogP contribution in [0, 0.1) is 11.8 Å². The van der Waals surface area contributed by atoms with Gasteiger partial charge in [0.05, 0.1) is 0 Å². The Morgan fingerprint density at radius 2 is 1.72 bits per heavy atom. The summed E-state index contributed by atoms with van der Waals surface area (Å²) >= 11 is 0. The summed E-state index contributed by atoms with van der Waals surface area (Å²) in [5.74, 6) is -1.04. The van der Waals surface area contributed by atoms with E-state index < -0.39 is 18.1 Å². The summed E-state index contributed by atoms with van der Waals surface area (Å²) in [6.45, 7) is 9.80. The minimum absolute atomic E-state index is 0.158. The average molecular weight is 259 g/mol. The lowest BCUT2D eigenvalue weighted by Gasteiger charge is -2.20. The largest absolute Gasteiger partial charge is 0.480 e. The Balaban J connectivity index is 4.17. The van der Waals surface area contributed by atoms with Gasteiger partial charge in [-0.05, 0) is 25.2 Å². The maximum Gasteiger partial charge on any atom is 0.326 e. The van der Waals surface area contributed by atoms with Gasteiger partial charge in [0, 0.05) is 6.61 Å². The van der Waals surface area contributed by atoms with Gasteiger partial charge in [-0.1, -0.05) is 27.7 Å². The molecule has 0 aliphatic carbocycles. The molecule has 0 aromatic rings. The zero-order chi connectivity index (χ0) is 14.3. The topological polar surface area (TPSA) is 75.6 Å². The number of carbonyl (C=O) groups is 2. The van der Waals surface area contributed by atoms with Crippen molar-refractivity contribution in [1.29, 1.82) is 0 Å². The van der Waals surface area contributed by atoms with Crippen LogP contribution in [0.1, 0.15) is 41.0 Å². The first-order valence-electron chi connectivity index (χ1n) is 6.40. The number of amides is 1. The van der Waals surface area contributed by atoms with E-state index in [0.29, 0.717) is 12.5 Å². The lowest BCUT2D eigenvalue weighted by atomic mass is 10.0. The predicted molar refractivity (Wildman–Crippen MR) is 69.3 cm³/mol. The van der Waals surface area contributed by atoms with Gasteiger partial charge in [-0.25, -0.2) is 4.79 Å². The third kappa shape index (κ3) is 6.59. The Labute approximate surface area is 109 Å². The molecule has 0 radical (unpaired) electrons. The average Bonchev–Trinajstić information content (AvgIpc) is 2.23. The number of hydrogen-bond donors (Lipinski definition) is 2. The third-order valence-corrected chi connectivity index (χ3v) is 2.66. The summed E-state index contributed by atoms with van der Waals surface area (Å²) in [5.41, 5.74) is 0. The molecule has 0 saturated heterocycles. The summed E-state index contributed by atoms with van der Waals surface area (Å²) in [7, 11) is 0. The summed E-state index contributed by atoms with van der Waals surface area (Å²) in [6.07, 6.45) is 0.258. The highest BCUT2D eigenvalue weighted by Crippen LogP contribution is 2.05. The number of carboxylic acid groups (broad SMARTS) is 1. The molecule has 5 nitrogen and oxygen atoms in total. The van der Waals surface area contributed by atoms with E-state index in [1.54, 1.807) is 20.8 Å². The molecule has 2 atom stereocenters. The van der Waals surface area contributed by atoms with E-state index in [1.165, 1.54) is 0 Å². The van der Waals surface area contributed by atoms with Crippen LogP contribution in [0.15, 0.2) is 0 Å². The highest BCUT2D eigenvalue weighted by molar-refractivity contribution is 5.86. The van der Waals surface area contributed by atoms with Crippen molar-refractivity contribution < 1.29 is 19.4 Å². The molecule has 0 saturated carbocycles. The molecule has 0 fully saturated rings. The van der Waals surface area contributed by atoms with Crippen LogP contribution in [0.5, 0.6) is 0 Å². The van der Waals surface area contributed by atoms with Crippen molar-refractivity contribution in [2.75, 3.05) is 6.61 Å². The molecule has 106 valence electrons. The monoisotopic (exact) mass is 259 g/mol. The van der Waals surface area contributed by atoms with Gasteiger partial charge < -0.3 is 15.2 Å². The van der Waals surface area contributed by atoms with E-state index in [4.69, 9.17) is 9.84 Å². The third-order valence-electron chi connectivity index (χ3n) is 2.66. The maximum absolute atomic E-state index is 11.7. The molecule has 0 rings (SSSR count). The molecule has 0 aliphatic rings. The van der Waals surface area contributed by atoms with Gasteiger partial charge in [-0.2, -0.15) is 0 Å². The summed E-state index contributed by atoms with van der Waals surface area (Å²) in [5, 5.41) is 11.5. The lowest BCUT2D eigenvalue weighted by Crippen LogP contribution is -2.48. The van der Waals surface area contributed by atoms with Crippen molar-refractivity contribution in [2.24, 2.45) is 11.8 Å². The van der Waals surface area contributed by atoms with Gasteiger partial charge in [-0.15, -0.1) is 0 Å². The van der Waals surface area contributed by atoms with Crippen LogP contribution in [0.25, 0.3) is 0 Å². The van der Waals surface area contributed by atoms with E-state index in [1.807, 2.05) is 0 Å². The van der Waals surface area contributed by atoms with Crippen molar-refractivity contribution in [3.63, 3.8) is 0 Å². The SMILES string of the molecule is CC(C)CCOC(C)C(=O)N[C@H](C(=O)O)C(C)C. The molecule has 1 unspecified atom stereocenters. The van der Waals surface area contributed by atoms with Crippen molar-refractivity contribution >= 4 is 11.9 Å². The second-order valence-electron chi connectivity index (χ2n) is 5.26. The fraction of sp³-hybridized carbons (Fsp3) is 0.846. The molecule has 0 aliphatic heterocycles. The van der Waals surface area contributed by atoms with Crippen molar-refractivity contribution in [2.45, 2.75) is 53.2 Å². The highest BCUT2D eigenvalue weighted by Gasteiger charge is 2.25. The number of rotatable bonds is 8. The van der Waals surface area contributed by atoms with Gasteiger partial charge in [0.15, 0.2) is 0 Å². The lowest BCUT2D eigenvalue weighted by molar-refractivity contribution is -0.145. The molecule has 2 N–H and O–H groups in total. The zero-order valence-electron chi connectivity index (χ0n) is 11.9. The Morgan fingerprint density at radius 1 is 1.17 bits per heavy atom. The van der Waals surface area contributed by atoms with Gasteiger partial charge in [0.1, 0.15) is 12.1 Å². The second kappa shape index (κ2) is 8.08. The molecular formula is C13H25NO4. The normalized spacial score (nSPS) is 14.6. The van der Waals surface area contributed by atoms with Crippen LogP contribution in [0.2, 0.25) is 0 Å². The molecule has 0 aromatic carbocycles. The van der Waals surface area contributed by atoms with Crippen LogP contribution in [-0.4, -0.2) is 35.7 Å². The number of aliphatic carboxylic acids is 1. The zero-order valence-corrected chi connectivity index (χ0v) is 11.9. The quantitative estimate of drug-likeness (QED) is 0.695. The second-order valence-corrected chi connectivity index (χ2v) is 5.26. The van der Waals surface area contributed by atoms with Crippen molar-refractivity contribution in [3.8, 4) is 0 Å². The summed E-state index contributed by atoms with van der Waals surface area (Å²) in [4.78, 5) is 22.7. The summed E-state index contributed by atoms with van der Waals surface area (Å²) < 4.78 is 5.37. The Kier molecular flexibility index (Phi) is 7.59. The number of nitrogens with one attached hydrogen (secondary N) is 1. The van der Waals surface area contributed by atoms with Crippen LogP contribution in [-0.2, 0) is 14.3 Å². The molecular weight excluding hydrogens is 234 g/mol. The molecule has 0 heterocycles. The van der Waals surface area contributed by atoms with E-state index >= 15 is 0 Å². The van der Waals surface area contributed by atoms with E-state index in [9.17, 15) is 9.59 Å². The van der Waals surface area contributed by atoms with E-state index in [-0.39, 0.29) is 11.8 Å². The first-order chi connectivity index (χ1) is 8.25. The van der Waals surface area contributed by atoms with Crippen molar-refractivity contribution in [3.05, 3.63) is 0 Å². The smallest absolute Gasteiger partial charge is 0.326 e. The molecule has 1 amide bonds. The maximum atomic E-state index is 11.7. The molecule has 5 heteroatoms. The molecule has 0 spiro atoms. The molecule has 0 bridgehead atoms. The van der Waals surface area contributed by atoms with Crippen LogP contribution in [0.3, 0.4) is 0 Å². The van der Waals surface area contributed by atoms with E-state index in [2.05, 4.69) is 19.2 Å². The minimum Gasteiger partial charge on any atom is -0.480 e. The Hall–Kier alpha value is -1.10. The van der Waals surface area contributed by atoms with Gasteiger partial charge in [0.2, 0.25) is 5.91 Å². The first-order valence-corrected chi connectivity index (χ1v) is 6.40. The predicted octanol–water partition coefficient (Wildman–Crippen LogP) is 1.66. The minimum atomic E-state index is -1.02. The highest BCUT2D eigenvalue weighted by atomic mass is 16.5. The van der Waals surface area contributed by atoms with Gasteiger partial charge in [0.25, 0.3) is 0 Å². The number of carboxylic acids is 1. The van der Waals surface area contributed by atoms with Crippen LogP contribution >= 0.6 is 0 Å². The Bertz CT molecular complexity index is 276. The fourth-order valence-electron chi connectivity index (χ4n) is 1.34. The van der Waals surface area contributed by atoms with Gasteiger partial charge in [-0.3, -0.25) is 4.79 Å². The van der Waals surface area contributed by atoms with Gasteiger partial charge >= 0.3 is 5.97 Å². The van der Waals surface area contributed by atoms with Crippen LogP contribution in [0.4, 0.5) is 0 Å². The van der Waals surface area contributed by atoms with Crippen LogP contribution < -0.4 is 5.32 Å². The standard InChI is InChI=1S/C13H25NO4/c1-8(2)6-7-18-10(5)12(15)14-11(9(3)4)13(16)17/h8-11H,6-7H2,1-5H3,(H,14,15)(H,16,17)/t10?,11-/m0/s1. The fourth-order valence-corrected chi connectivity index (χ4v) is 1.34. The molecule has 18 heavy (non-hydrogen) atoms. The van der Waals surface area contributed by atoms with E-state index in [0.717, 1.165) is 6.42 Å². The Morgan fingerprint density at radius 3 is 2.11 bits per heavy atom. The first kappa shape index (κ1) is 16.9. The summed E-state index contributed by atoms with van der Waals surface area (Å²) in [6, 6.07) is -0.867. The number of carbonyl (C=O) groups excluding carboxylic acids is 1. The van der Waals surface area contributed by atoms with Crippen molar-refractivity contribution in [1.82, 2.24) is 5.32 Å². The number of hydrogen-bond acceptors (Lipinski definition) is 3. The molecule has 0 aromatic heterocycles.